The van der Waals surface area contributed by atoms with Crippen molar-refractivity contribution in [2.24, 2.45) is 0 Å². The molecule has 1 aliphatic heterocycles. The van der Waals surface area contributed by atoms with Crippen molar-refractivity contribution in [1.82, 2.24) is 14.8 Å². The summed E-state index contributed by atoms with van der Waals surface area (Å²) in [5, 5.41) is 0. The Hall–Kier alpha value is -2.41. The Morgan fingerprint density at radius 2 is 1.71 bits per heavy atom. The topological polar surface area (TPSA) is 62.7 Å². The van der Waals surface area contributed by atoms with Gasteiger partial charge in [-0.2, -0.15) is 0 Å². The van der Waals surface area contributed by atoms with E-state index in [2.05, 4.69) is 27.8 Å². The predicted molar refractivity (Wildman–Crippen MR) is 142 cm³/mol. The molecule has 0 N–H and O–H groups in total. The largest absolute Gasteiger partial charge is 0.444 e. The highest BCUT2D eigenvalue weighted by atomic mass is 79.9. The summed E-state index contributed by atoms with van der Waals surface area (Å²) in [6.07, 6.45) is 7.46. The number of carbonyl (C=O) groups is 2. The quantitative estimate of drug-likeness (QED) is 0.351. The lowest BCUT2D eigenvalue weighted by molar-refractivity contribution is 0.0141. The maximum absolute atomic E-state index is 13.6. The summed E-state index contributed by atoms with van der Waals surface area (Å²) < 4.78 is 6.54. The van der Waals surface area contributed by atoms with Gasteiger partial charge in [0.2, 0.25) is 0 Å². The molecule has 6 nitrogen and oxygen atoms in total. The molecule has 1 aromatic heterocycles. The van der Waals surface area contributed by atoms with E-state index < -0.39 is 5.60 Å². The summed E-state index contributed by atoms with van der Waals surface area (Å²) in [6.45, 7) is 9.44. The number of likely N-dealkylation sites (tertiary alicyclic amines) is 1. The highest BCUT2D eigenvalue weighted by Gasteiger charge is 2.32. The van der Waals surface area contributed by atoms with Crippen molar-refractivity contribution in [1.29, 1.82) is 0 Å². The van der Waals surface area contributed by atoms with E-state index >= 15 is 0 Å². The maximum atomic E-state index is 13.6. The lowest BCUT2D eigenvalue weighted by Gasteiger charge is -2.39. The summed E-state index contributed by atoms with van der Waals surface area (Å²) in [5.41, 5.74) is 2.18. The molecule has 3 rings (SSSR count). The monoisotopic (exact) mass is 543 g/mol. The number of rotatable bonds is 8. The lowest BCUT2D eigenvalue weighted by atomic mass is 10.0. The summed E-state index contributed by atoms with van der Waals surface area (Å²) in [5.74, 6) is -0.0660. The van der Waals surface area contributed by atoms with Crippen LogP contribution in [0.4, 0.5) is 4.79 Å². The molecule has 0 saturated carbocycles. The Morgan fingerprint density at radius 1 is 1.06 bits per heavy atom. The number of carbonyl (C=O) groups excluding carboxylic acids is 2. The zero-order chi connectivity index (χ0) is 25.4. The summed E-state index contributed by atoms with van der Waals surface area (Å²) in [4.78, 5) is 34.3. The molecule has 0 spiro atoms. The molecule has 190 valence electrons. The highest BCUT2D eigenvalue weighted by molar-refractivity contribution is 9.10. The summed E-state index contributed by atoms with van der Waals surface area (Å²) >= 11 is 3.48. The number of amides is 2. The number of hydrogen-bond acceptors (Lipinski definition) is 4. The Kier molecular flexibility index (Phi) is 9.72. The lowest BCUT2D eigenvalue weighted by Crippen LogP contribution is -2.49. The van der Waals surface area contributed by atoms with Crippen molar-refractivity contribution >= 4 is 27.9 Å². The van der Waals surface area contributed by atoms with Crippen molar-refractivity contribution in [3.63, 3.8) is 0 Å². The normalized spacial score (nSPS) is 14.6. The van der Waals surface area contributed by atoms with Crippen molar-refractivity contribution in [2.75, 3.05) is 13.1 Å². The fraction of sp³-hybridized carbons (Fsp3) is 0.536. The van der Waals surface area contributed by atoms with Crippen LogP contribution in [0.2, 0.25) is 0 Å². The Labute approximate surface area is 218 Å². The van der Waals surface area contributed by atoms with Crippen molar-refractivity contribution in [3.8, 4) is 0 Å². The van der Waals surface area contributed by atoms with Crippen LogP contribution in [-0.4, -0.2) is 51.5 Å². The first-order valence-corrected chi connectivity index (χ1v) is 13.4. The molecule has 0 aliphatic carbocycles. The molecule has 2 amide bonds. The van der Waals surface area contributed by atoms with E-state index in [4.69, 9.17) is 4.74 Å². The molecule has 1 aromatic carbocycles. The minimum atomic E-state index is -0.522. The van der Waals surface area contributed by atoms with Crippen molar-refractivity contribution in [2.45, 2.75) is 84.4 Å². The van der Waals surface area contributed by atoms with Gasteiger partial charge >= 0.3 is 6.09 Å². The van der Waals surface area contributed by atoms with E-state index in [0.717, 1.165) is 22.9 Å². The average Bonchev–Trinajstić information content (AvgIpc) is 2.83. The van der Waals surface area contributed by atoms with Gasteiger partial charge in [0, 0.05) is 36.3 Å². The fourth-order valence-corrected chi connectivity index (χ4v) is 4.53. The third-order valence-corrected chi connectivity index (χ3v) is 6.73. The van der Waals surface area contributed by atoms with Gasteiger partial charge in [-0.25, -0.2) is 4.79 Å². The van der Waals surface area contributed by atoms with E-state index in [1.165, 1.54) is 18.4 Å². The fourth-order valence-electron chi connectivity index (χ4n) is 4.26. The van der Waals surface area contributed by atoms with Gasteiger partial charge in [0.25, 0.3) is 5.91 Å². The Balaban J connectivity index is 1.72. The SMILES string of the molecule is CCCCCc1ccc(C(=O)N(Cc2ccc(Br)cc2)C2CCN(C(=O)OC(C)(C)C)CC2)nc1. The molecule has 35 heavy (non-hydrogen) atoms. The summed E-state index contributed by atoms with van der Waals surface area (Å²) in [7, 11) is 0. The molecule has 7 heteroatoms. The van der Waals surface area contributed by atoms with Gasteiger partial charge in [-0.15, -0.1) is 0 Å². The van der Waals surface area contributed by atoms with Gasteiger partial charge < -0.3 is 14.5 Å². The van der Waals surface area contributed by atoms with Crippen LogP contribution in [0.1, 0.15) is 81.4 Å². The van der Waals surface area contributed by atoms with Gasteiger partial charge in [-0.05, 0) is 75.8 Å². The zero-order valence-electron chi connectivity index (χ0n) is 21.4. The average molecular weight is 545 g/mol. The number of aryl methyl sites for hydroxylation is 1. The third kappa shape index (κ3) is 8.34. The standard InChI is InChI=1S/C28H38BrN3O3/c1-5-6-7-8-21-11-14-25(30-19-21)26(33)32(20-22-9-12-23(29)13-10-22)24-15-17-31(18-16-24)27(34)35-28(2,3)4/h9-14,19,24H,5-8,15-18,20H2,1-4H3. The molecule has 1 fully saturated rings. The first-order chi connectivity index (χ1) is 16.7. The number of hydrogen-bond donors (Lipinski definition) is 0. The number of benzene rings is 1. The van der Waals surface area contributed by atoms with Crippen LogP contribution in [0.5, 0.6) is 0 Å². The third-order valence-electron chi connectivity index (χ3n) is 6.20. The van der Waals surface area contributed by atoms with Crippen LogP contribution in [0, 0.1) is 0 Å². The van der Waals surface area contributed by atoms with Crippen molar-refractivity contribution in [3.05, 3.63) is 63.9 Å². The van der Waals surface area contributed by atoms with Crippen molar-refractivity contribution < 1.29 is 14.3 Å². The van der Waals surface area contributed by atoms with Crippen LogP contribution < -0.4 is 0 Å². The number of unbranched alkanes of at least 4 members (excludes halogenated alkanes) is 2. The molecule has 2 aromatic rings. The highest BCUT2D eigenvalue weighted by Crippen LogP contribution is 2.23. The zero-order valence-corrected chi connectivity index (χ0v) is 23.0. The predicted octanol–water partition coefficient (Wildman–Crippen LogP) is 6.62. The van der Waals surface area contributed by atoms with Crippen LogP contribution in [0.25, 0.3) is 0 Å². The number of piperidine rings is 1. The molecule has 0 bridgehead atoms. The van der Waals surface area contributed by atoms with Crippen LogP contribution >= 0.6 is 15.9 Å². The van der Waals surface area contributed by atoms with Crippen LogP contribution in [0.3, 0.4) is 0 Å². The number of halogens is 1. The Bertz CT molecular complexity index is 962. The van der Waals surface area contributed by atoms with Gasteiger partial charge in [0.05, 0.1) is 0 Å². The number of pyridine rings is 1. The molecule has 0 radical (unpaired) electrons. The van der Waals surface area contributed by atoms with Crippen LogP contribution in [-0.2, 0) is 17.7 Å². The Morgan fingerprint density at radius 3 is 2.29 bits per heavy atom. The number of ether oxygens (including phenoxy) is 1. The molecule has 1 aliphatic rings. The van der Waals surface area contributed by atoms with E-state index in [-0.39, 0.29) is 18.0 Å². The van der Waals surface area contributed by atoms with E-state index in [9.17, 15) is 9.59 Å². The van der Waals surface area contributed by atoms with E-state index in [1.54, 1.807) is 4.90 Å². The van der Waals surface area contributed by atoms with Gasteiger partial charge in [-0.1, -0.05) is 53.9 Å². The second kappa shape index (κ2) is 12.5. The minimum absolute atomic E-state index is 0.0239. The van der Waals surface area contributed by atoms with E-state index in [1.807, 2.05) is 68.3 Å². The first kappa shape index (κ1) is 27.2. The molecular weight excluding hydrogens is 506 g/mol. The van der Waals surface area contributed by atoms with E-state index in [0.29, 0.717) is 38.2 Å². The first-order valence-electron chi connectivity index (χ1n) is 12.6. The smallest absolute Gasteiger partial charge is 0.410 e. The summed E-state index contributed by atoms with van der Waals surface area (Å²) in [6, 6.07) is 12.0. The molecule has 2 heterocycles. The molecule has 0 atom stereocenters. The minimum Gasteiger partial charge on any atom is -0.444 e. The van der Waals surface area contributed by atoms with Gasteiger partial charge in [0.15, 0.2) is 0 Å². The molecule has 0 unspecified atom stereocenters. The second-order valence-corrected chi connectivity index (χ2v) is 11.2. The number of aromatic nitrogens is 1. The van der Waals surface area contributed by atoms with Gasteiger partial charge in [-0.3, -0.25) is 9.78 Å². The second-order valence-electron chi connectivity index (χ2n) is 10.3. The maximum Gasteiger partial charge on any atom is 0.410 e. The van der Waals surface area contributed by atoms with Gasteiger partial charge in [0.1, 0.15) is 11.3 Å². The number of nitrogens with zero attached hydrogens (tertiary/aromatic N) is 3. The van der Waals surface area contributed by atoms with Crippen LogP contribution in [0.15, 0.2) is 47.1 Å². The molecular formula is C28H38BrN3O3. The molecule has 1 saturated heterocycles.